The summed E-state index contributed by atoms with van der Waals surface area (Å²) in [5.41, 5.74) is 0.518. The smallest absolute Gasteiger partial charge is 0.254 e. The van der Waals surface area contributed by atoms with Gasteiger partial charge in [0.1, 0.15) is 5.75 Å². The van der Waals surface area contributed by atoms with Gasteiger partial charge in [-0.05, 0) is 28.1 Å². The first-order valence-electron chi connectivity index (χ1n) is 5.52. The molecule has 2 aromatic heterocycles. The molecule has 0 N–H and O–H groups in total. The molecule has 0 aromatic carbocycles. The van der Waals surface area contributed by atoms with Crippen molar-refractivity contribution >= 4 is 21.8 Å². The van der Waals surface area contributed by atoms with Crippen molar-refractivity contribution in [2.24, 2.45) is 0 Å². The van der Waals surface area contributed by atoms with Gasteiger partial charge >= 0.3 is 0 Å². The topological polar surface area (TPSA) is 55.3 Å². The number of pyridine rings is 2. The molecule has 0 saturated heterocycles. The zero-order valence-corrected chi connectivity index (χ0v) is 12.1. The number of rotatable bonds is 3. The SMILES string of the molecule is CN(C)C(=O)c1ccc(Oc2cncc(Br)c2)nc1. The molecule has 5 nitrogen and oxygen atoms in total. The predicted octanol–water partition coefficient (Wildman–Crippen LogP) is 2.73. The molecule has 0 saturated carbocycles. The van der Waals surface area contributed by atoms with E-state index in [1.807, 2.05) is 0 Å². The number of carbonyl (C=O) groups is 1. The van der Waals surface area contributed by atoms with Crippen LogP contribution in [0, 0.1) is 0 Å². The second-order valence-corrected chi connectivity index (χ2v) is 4.94. The number of aromatic nitrogens is 2. The molecule has 6 heteroatoms. The molecule has 0 unspecified atom stereocenters. The number of hydrogen-bond acceptors (Lipinski definition) is 4. The number of halogens is 1. The standard InChI is InChI=1S/C13H12BrN3O2/c1-17(2)13(18)9-3-4-12(16-6-9)19-11-5-10(14)7-15-8-11/h3-8H,1-2H3. The van der Waals surface area contributed by atoms with E-state index in [1.165, 1.54) is 11.1 Å². The van der Waals surface area contributed by atoms with Gasteiger partial charge in [-0.15, -0.1) is 0 Å². The van der Waals surface area contributed by atoms with E-state index in [0.717, 1.165) is 4.47 Å². The summed E-state index contributed by atoms with van der Waals surface area (Å²) in [7, 11) is 3.39. The van der Waals surface area contributed by atoms with Crippen molar-refractivity contribution < 1.29 is 9.53 Å². The van der Waals surface area contributed by atoms with Crippen molar-refractivity contribution in [3.63, 3.8) is 0 Å². The van der Waals surface area contributed by atoms with Crippen LogP contribution in [0.3, 0.4) is 0 Å². The summed E-state index contributed by atoms with van der Waals surface area (Å²) >= 11 is 3.31. The molecule has 0 bridgehead atoms. The van der Waals surface area contributed by atoms with E-state index in [0.29, 0.717) is 17.2 Å². The van der Waals surface area contributed by atoms with E-state index in [1.54, 1.807) is 44.7 Å². The summed E-state index contributed by atoms with van der Waals surface area (Å²) in [6, 6.07) is 5.11. The van der Waals surface area contributed by atoms with Crippen LogP contribution in [0.2, 0.25) is 0 Å². The lowest BCUT2D eigenvalue weighted by Gasteiger charge is -2.10. The minimum absolute atomic E-state index is 0.0943. The average Bonchev–Trinajstić information content (AvgIpc) is 2.39. The van der Waals surface area contributed by atoms with Crippen LogP contribution in [-0.4, -0.2) is 34.9 Å². The van der Waals surface area contributed by atoms with Crippen molar-refractivity contribution in [1.82, 2.24) is 14.9 Å². The Bertz CT molecular complexity index is 585. The van der Waals surface area contributed by atoms with E-state index in [2.05, 4.69) is 25.9 Å². The fraction of sp³-hybridized carbons (Fsp3) is 0.154. The van der Waals surface area contributed by atoms with Crippen molar-refractivity contribution in [2.45, 2.75) is 0 Å². The van der Waals surface area contributed by atoms with Gasteiger partial charge in [0.05, 0.1) is 11.8 Å². The molecule has 2 rings (SSSR count). The zero-order chi connectivity index (χ0) is 13.8. The van der Waals surface area contributed by atoms with Crippen LogP contribution in [-0.2, 0) is 0 Å². The Hall–Kier alpha value is -1.95. The highest BCUT2D eigenvalue weighted by Crippen LogP contribution is 2.21. The number of amides is 1. The molecule has 1 amide bonds. The maximum absolute atomic E-state index is 11.7. The Balaban J connectivity index is 2.13. The molecular formula is C13H12BrN3O2. The highest BCUT2D eigenvalue weighted by Gasteiger charge is 2.08. The summed E-state index contributed by atoms with van der Waals surface area (Å²) in [5, 5.41) is 0. The molecule has 0 radical (unpaired) electrons. The van der Waals surface area contributed by atoms with E-state index in [4.69, 9.17) is 4.74 Å². The number of ether oxygens (including phenoxy) is 1. The van der Waals surface area contributed by atoms with Crippen LogP contribution in [0.5, 0.6) is 11.6 Å². The fourth-order valence-electron chi connectivity index (χ4n) is 1.39. The minimum Gasteiger partial charge on any atom is -0.437 e. The number of hydrogen-bond donors (Lipinski definition) is 0. The largest absolute Gasteiger partial charge is 0.437 e. The van der Waals surface area contributed by atoms with Gasteiger partial charge in [-0.2, -0.15) is 0 Å². The molecule has 2 heterocycles. The van der Waals surface area contributed by atoms with Crippen LogP contribution in [0.4, 0.5) is 0 Å². The molecule has 19 heavy (non-hydrogen) atoms. The van der Waals surface area contributed by atoms with E-state index < -0.39 is 0 Å². The Labute approximate surface area is 119 Å². The third-order valence-corrected chi connectivity index (χ3v) is 2.73. The van der Waals surface area contributed by atoms with E-state index >= 15 is 0 Å². The van der Waals surface area contributed by atoms with Crippen LogP contribution in [0.15, 0.2) is 41.3 Å². The van der Waals surface area contributed by atoms with E-state index in [-0.39, 0.29) is 5.91 Å². The third kappa shape index (κ3) is 3.51. The summed E-state index contributed by atoms with van der Waals surface area (Å²) in [5.74, 6) is 0.895. The molecule has 98 valence electrons. The first kappa shape index (κ1) is 13.5. The summed E-state index contributed by atoms with van der Waals surface area (Å²) in [6.07, 6.45) is 4.74. The molecule has 0 aliphatic rings. The fourth-order valence-corrected chi connectivity index (χ4v) is 1.74. The Morgan fingerprint density at radius 1 is 1.26 bits per heavy atom. The first-order valence-corrected chi connectivity index (χ1v) is 6.31. The second-order valence-electron chi connectivity index (χ2n) is 4.03. The molecule has 0 fully saturated rings. The quantitative estimate of drug-likeness (QED) is 0.872. The van der Waals surface area contributed by atoms with Gasteiger partial charge in [0.15, 0.2) is 0 Å². The van der Waals surface area contributed by atoms with Gasteiger partial charge in [0.25, 0.3) is 5.91 Å². The maximum Gasteiger partial charge on any atom is 0.254 e. The van der Waals surface area contributed by atoms with Crippen LogP contribution < -0.4 is 4.74 Å². The average molecular weight is 322 g/mol. The molecule has 2 aromatic rings. The second kappa shape index (κ2) is 5.79. The molecule has 0 atom stereocenters. The summed E-state index contributed by atoms with van der Waals surface area (Å²) < 4.78 is 6.35. The van der Waals surface area contributed by atoms with Gasteiger partial charge in [0.2, 0.25) is 5.88 Å². The number of carbonyl (C=O) groups excluding carboxylic acids is 1. The van der Waals surface area contributed by atoms with Crippen molar-refractivity contribution in [1.29, 1.82) is 0 Å². The summed E-state index contributed by atoms with van der Waals surface area (Å²) in [6.45, 7) is 0. The van der Waals surface area contributed by atoms with Crippen molar-refractivity contribution in [3.05, 3.63) is 46.8 Å². The van der Waals surface area contributed by atoms with Crippen LogP contribution in [0.25, 0.3) is 0 Å². The molecular weight excluding hydrogens is 310 g/mol. The van der Waals surface area contributed by atoms with Crippen molar-refractivity contribution in [3.8, 4) is 11.6 Å². The lowest BCUT2D eigenvalue weighted by Crippen LogP contribution is -2.21. The van der Waals surface area contributed by atoms with Crippen LogP contribution in [0.1, 0.15) is 10.4 Å². The highest BCUT2D eigenvalue weighted by molar-refractivity contribution is 9.10. The summed E-state index contributed by atoms with van der Waals surface area (Å²) in [4.78, 5) is 21.3. The minimum atomic E-state index is -0.0943. The lowest BCUT2D eigenvalue weighted by molar-refractivity contribution is 0.0827. The first-order chi connectivity index (χ1) is 9.06. The monoisotopic (exact) mass is 321 g/mol. The van der Waals surface area contributed by atoms with Gasteiger partial charge in [-0.25, -0.2) is 4.98 Å². The van der Waals surface area contributed by atoms with Gasteiger partial charge < -0.3 is 9.64 Å². The van der Waals surface area contributed by atoms with Crippen LogP contribution >= 0.6 is 15.9 Å². The Kier molecular flexibility index (Phi) is 4.11. The Morgan fingerprint density at radius 3 is 2.63 bits per heavy atom. The predicted molar refractivity (Wildman–Crippen MR) is 74.3 cm³/mol. The number of nitrogens with zero attached hydrogens (tertiary/aromatic N) is 3. The maximum atomic E-state index is 11.7. The molecule has 0 aliphatic carbocycles. The lowest BCUT2D eigenvalue weighted by atomic mass is 10.2. The molecule has 0 spiro atoms. The highest BCUT2D eigenvalue weighted by atomic mass is 79.9. The van der Waals surface area contributed by atoms with Gasteiger partial charge in [0, 0.05) is 37.0 Å². The van der Waals surface area contributed by atoms with Gasteiger partial charge in [-0.1, -0.05) is 0 Å². The third-order valence-electron chi connectivity index (χ3n) is 2.29. The van der Waals surface area contributed by atoms with Gasteiger partial charge in [-0.3, -0.25) is 9.78 Å². The Morgan fingerprint density at radius 2 is 2.05 bits per heavy atom. The normalized spacial score (nSPS) is 10.1. The molecule has 0 aliphatic heterocycles. The van der Waals surface area contributed by atoms with E-state index in [9.17, 15) is 4.79 Å². The van der Waals surface area contributed by atoms with Crippen molar-refractivity contribution in [2.75, 3.05) is 14.1 Å². The zero-order valence-electron chi connectivity index (χ0n) is 10.5.